The highest BCUT2D eigenvalue weighted by Gasteiger charge is 2.15. The van der Waals surface area contributed by atoms with Gasteiger partial charge in [0.15, 0.2) is 11.5 Å². The Balaban J connectivity index is 1.58. The molecule has 1 aromatic rings. The van der Waals surface area contributed by atoms with Crippen LogP contribution in [0.2, 0.25) is 0 Å². The number of hydrogen-bond acceptors (Lipinski definition) is 3. The molecule has 0 bridgehead atoms. The van der Waals surface area contributed by atoms with Crippen LogP contribution in [-0.4, -0.2) is 19.8 Å². The van der Waals surface area contributed by atoms with E-state index in [0.717, 1.165) is 50.1 Å². The Morgan fingerprint density at radius 2 is 2.10 bits per heavy atom. The average Bonchev–Trinajstić information content (AvgIpc) is 2.74. The van der Waals surface area contributed by atoms with Crippen LogP contribution >= 0.6 is 0 Å². The van der Waals surface area contributed by atoms with Crippen molar-refractivity contribution in [2.75, 3.05) is 19.8 Å². The van der Waals surface area contributed by atoms with E-state index in [4.69, 9.17) is 9.47 Å². The Labute approximate surface area is 121 Å². The predicted octanol–water partition coefficient (Wildman–Crippen LogP) is 3.29. The van der Waals surface area contributed by atoms with E-state index in [1.165, 1.54) is 24.8 Å². The summed E-state index contributed by atoms with van der Waals surface area (Å²) >= 11 is 0. The molecule has 0 radical (unpaired) electrons. The molecule has 0 aromatic heterocycles. The average molecular weight is 273 g/mol. The maximum atomic E-state index is 5.85. The van der Waals surface area contributed by atoms with Crippen molar-refractivity contribution in [3.8, 4) is 11.5 Å². The Hall–Kier alpha value is -1.48. The highest BCUT2D eigenvalue weighted by atomic mass is 16.5. The Morgan fingerprint density at radius 3 is 3.00 bits per heavy atom. The Bertz CT molecular complexity index is 470. The Kier molecular flexibility index (Phi) is 4.59. The van der Waals surface area contributed by atoms with Gasteiger partial charge in [0.1, 0.15) is 0 Å². The van der Waals surface area contributed by atoms with Gasteiger partial charge in [-0.3, -0.25) is 0 Å². The van der Waals surface area contributed by atoms with Crippen molar-refractivity contribution < 1.29 is 9.47 Å². The van der Waals surface area contributed by atoms with Crippen molar-refractivity contribution in [2.24, 2.45) is 5.92 Å². The fraction of sp³-hybridized carbons (Fsp3) is 0.529. The molecule has 3 rings (SSSR count). The second kappa shape index (κ2) is 6.80. The van der Waals surface area contributed by atoms with Crippen LogP contribution in [0.4, 0.5) is 0 Å². The highest BCUT2D eigenvalue weighted by Crippen LogP contribution is 2.33. The van der Waals surface area contributed by atoms with Crippen LogP contribution in [0, 0.1) is 5.92 Å². The van der Waals surface area contributed by atoms with Crippen LogP contribution in [0.25, 0.3) is 0 Å². The molecule has 0 saturated heterocycles. The minimum Gasteiger partial charge on any atom is -0.490 e. The predicted molar refractivity (Wildman–Crippen MR) is 80.2 cm³/mol. The summed E-state index contributed by atoms with van der Waals surface area (Å²) in [7, 11) is 0. The maximum Gasteiger partial charge on any atom is 0.165 e. The molecule has 1 N–H and O–H groups in total. The smallest absolute Gasteiger partial charge is 0.165 e. The fourth-order valence-electron chi connectivity index (χ4n) is 2.85. The molecule has 0 amide bonds. The summed E-state index contributed by atoms with van der Waals surface area (Å²) in [5, 5.41) is 3.57. The van der Waals surface area contributed by atoms with E-state index < -0.39 is 0 Å². The van der Waals surface area contributed by atoms with E-state index in [2.05, 4.69) is 23.5 Å². The van der Waals surface area contributed by atoms with Crippen LogP contribution in [0.3, 0.4) is 0 Å². The molecule has 1 heterocycles. The zero-order valence-electron chi connectivity index (χ0n) is 11.9. The lowest BCUT2D eigenvalue weighted by Gasteiger charge is -2.19. The van der Waals surface area contributed by atoms with Crippen LogP contribution in [0.15, 0.2) is 30.4 Å². The first-order valence-corrected chi connectivity index (χ1v) is 7.66. The summed E-state index contributed by atoms with van der Waals surface area (Å²) in [6.07, 6.45) is 9.29. The van der Waals surface area contributed by atoms with Crippen molar-refractivity contribution >= 4 is 0 Å². The number of rotatable bonds is 4. The third-order valence-corrected chi connectivity index (χ3v) is 3.98. The van der Waals surface area contributed by atoms with E-state index in [-0.39, 0.29) is 0 Å². The zero-order chi connectivity index (χ0) is 13.6. The lowest BCUT2D eigenvalue weighted by molar-refractivity contribution is 0.295. The first kappa shape index (κ1) is 13.5. The van der Waals surface area contributed by atoms with Crippen LogP contribution in [0.1, 0.15) is 31.2 Å². The molecule has 1 aromatic carbocycles. The van der Waals surface area contributed by atoms with Gasteiger partial charge in [-0.1, -0.05) is 24.3 Å². The van der Waals surface area contributed by atoms with Crippen LogP contribution < -0.4 is 14.8 Å². The summed E-state index contributed by atoms with van der Waals surface area (Å²) in [5.41, 5.74) is 1.20. The van der Waals surface area contributed by atoms with E-state index in [9.17, 15) is 0 Å². The van der Waals surface area contributed by atoms with Gasteiger partial charge in [0.2, 0.25) is 0 Å². The SMILES string of the molecule is C1=CCC(CNCc2cccc3c2OCCCO3)CC1. The highest BCUT2D eigenvalue weighted by molar-refractivity contribution is 5.47. The molecule has 1 unspecified atom stereocenters. The lowest BCUT2D eigenvalue weighted by atomic mass is 9.94. The zero-order valence-corrected chi connectivity index (χ0v) is 11.9. The van der Waals surface area contributed by atoms with Crippen molar-refractivity contribution in [2.45, 2.75) is 32.2 Å². The number of fused-ring (bicyclic) bond motifs is 1. The number of benzene rings is 1. The number of nitrogens with one attached hydrogen (secondary N) is 1. The first-order chi connectivity index (χ1) is 9.93. The van der Waals surface area contributed by atoms with Crippen molar-refractivity contribution in [3.63, 3.8) is 0 Å². The second-order valence-electron chi connectivity index (χ2n) is 5.58. The number of hydrogen-bond donors (Lipinski definition) is 1. The number of para-hydroxylation sites is 1. The molecule has 1 aliphatic heterocycles. The number of ether oxygens (including phenoxy) is 2. The van der Waals surface area contributed by atoms with Gasteiger partial charge in [0, 0.05) is 18.5 Å². The van der Waals surface area contributed by atoms with Crippen molar-refractivity contribution in [1.29, 1.82) is 0 Å². The third kappa shape index (κ3) is 3.34. The summed E-state index contributed by atoms with van der Waals surface area (Å²) < 4.78 is 11.6. The lowest BCUT2D eigenvalue weighted by Crippen LogP contribution is -2.23. The first-order valence-electron chi connectivity index (χ1n) is 7.66. The molecule has 20 heavy (non-hydrogen) atoms. The third-order valence-electron chi connectivity index (χ3n) is 3.98. The molecular weight excluding hydrogens is 250 g/mol. The summed E-state index contributed by atoms with van der Waals surface area (Å²) in [4.78, 5) is 0. The molecule has 1 atom stereocenters. The summed E-state index contributed by atoms with van der Waals surface area (Å²) in [6, 6.07) is 6.17. The quantitative estimate of drug-likeness (QED) is 0.854. The molecule has 2 aliphatic rings. The van der Waals surface area contributed by atoms with Gasteiger partial charge in [0.05, 0.1) is 13.2 Å². The minimum absolute atomic E-state index is 0.747. The molecule has 1 aliphatic carbocycles. The molecule has 0 fully saturated rings. The van der Waals surface area contributed by atoms with E-state index in [0.29, 0.717) is 0 Å². The molecule has 3 nitrogen and oxygen atoms in total. The summed E-state index contributed by atoms with van der Waals surface area (Å²) in [5.74, 6) is 2.60. The van der Waals surface area contributed by atoms with Crippen molar-refractivity contribution in [3.05, 3.63) is 35.9 Å². The van der Waals surface area contributed by atoms with Crippen molar-refractivity contribution in [1.82, 2.24) is 5.32 Å². The molecular formula is C17H23NO2. The molecule has 3 heteroatoms. The topological polar surface area (TPSA) is 30.5 Å². The minimum atomic E-state index is 0.747. The Morgan fingerprint density at radius 1 is 1.15 bits per heavy atom. The summed E-state index contributed by atoms with van der Waals surface area (Å²) in [6.45, 7) is 3.43. The van der Waals surface area contributed by atoms with Gasteiger partial charge in [-0.25, -0.2) is 0 Å². The van der Waals surface area contributed by atoms with Gasteiger partial charge in [-0.15, -0.1) is 0 Å². The molecule has 0 spiro atoms. The largest absolute Gasteiger partial charge is 0.490 e. The van der Waals surface area contributed by atoms with Crippen LogP contribution in [0.5, 0.6) is 11.5 Å². The van der Waals surface area contributed by atoms with Gasteiger partial charge in [0.25, 0.3) is 0 Å². The second-order valence-corrected chi connectivity index (χ2v) is 5.58. The van der Waals surface area contributed by atoms with E-state index >= 15 is 0 Å². The van der Waals surface area contributed by atoms with Gasteiger partial charge >= 0.3 is 0 Å². The van der Waals surface area contributed by atoms with Gasteiger partial charge in [-0.05, 0) is 37.8 Å². The monoisotopic (exact) mass is 273 g/mol. The van der Waals surface area contributed by atoms with E-state index in [1.807, 2.05) is 12.1 Å². The van der Waals surface area contributed by atoms with E-state index in [1.54, 1.807) is 0 Å². The molecule has 0 saturated carbocycles. The van der Waals surface area contributed by atoms with Gasteiger partial charge in [-0.2, -0.15) is 0 Å². The normalized spacial score (nSPS) is 21.5. The maximum absolute atomic E-state index is 5.85. The standard InChI is InChI=1S/C17H23NO2/c1-2-6-14(7-3-1)12-18-13-15-8-4-9-16-17(15)20-11-5-10-19-16/h1-2,4,8-9,14,18H,3,5-7,10-13H2. The fourth-order valence-corrected chi connectivity index (χ4v) is 2.85. The van der Waals surface area contributed by atoms with Crippen LogP contribution in [-0.2, 0) is 6.54 Å². The van der Waals surface area contributed by atoms with Gasteiger partial charge < -0.3 is 14.8 Å². The molecule has 108 valence electrons. The number of allylic oxidation sites excluding steroid dienone is 2.